The third-order valence-electron chi connectivity index (χ3n) is 3.12. The Kier molecular flexibility index (Phi) is 6.17. The van der Waals surface area contributed by atoms with Crippen LogP contribution in [0.4, 0.5) is 14.5 Å². The number of alkyl halides is 2. The number of ketones is 1. The second-order valence-corrected chi connectivity index (χ2v) is 4.97. The van der Waals surface area contributed by atoms with Crippen molar-refractivity contribution in [3.05, 3.63) is 59.7 Å². The molecule has 6 heteroatoms. The van der Waals surface area contributed by atoms with Gasteiger partial charge in [0, 0.05) is 11.3 Å². The monoisotopic (exact) mass is 335 g/mol. The molecule has 0 saturated carbocycles. The first kappa shape index (κ1) is 19.3. The average Bonchev–Trinajstić information content (AvgIpc) is 2.47. The van der Waals surface area contributed by atoms with Gasteiger partial charge in [0.1, 0.15) is 5.75 Å². The van der Waals surface area contributed by atoms with E-state index in [-0.39, 0.29) is 24.6 Å². The number of benzene rings is 2. The summed E-state index contributed by atoms with van der Waals surface area (Å²) in [7, 11) is 0. The second kappa shape index (κ2) is 7.68. The van der Waals surface area contributed by atoms with Gasteiger partial charge in [-0.2, -0.15) is 8.78 Å². The van der Waals surface area contributed by atoms with Crippen LogP contribution in [-0.4, -0.2) is 17.8 Å². The largest absolute Gasteiger partial charge is 0.482 e. The molecule has 1 amide bonds. The molecule has 0 aromatic heterocycles. The first-order valence-electron chi connectivity index (χ1n) is 6.84. The molecule has 128 valence electrons. The van der Waals surface area contributed by atoms with Crippen molar-refractivity contribution in [1.29, 1.82) is 0 Å². The third-order valence-corrected chi connectivity index (χ3v) is 3.12. The zero-order valence-electron chi connectivity index (χ0n) is 12.6. The van der Waals surface area contributed by atoms with Crippen LogP contribution >= 0.6 is 0 Å². The van der Waals surface area contributed by atoms with Gasteiger partial charge in [-0.25, -0.2) is 0 Å². The second-order valence-electron chi connectivity index (χ2n) is 4.97. The lowest BCUT2D eigenvalue weighted by Crippen LogP contribution is -2.40. The lowest BCUT2D eigenvalue weighted by atomic mass is 10.0. The number of amides is 1. The summed E-state index contributed by atoms with van der Waals surface area (Å²) in [4.78, 5) is 23.1. The lowest BCUT2D eigenvalue weighted by Gasteiger charge is -2.17. The van der Waals surface area contributed by atoms with Crippen LogP contribution in [0.2, 0.25) is 0 Å². The molecule has 0 heterocycles. The normalized spacial score (nSPS) is 10.5. The van der Waals surface area contributed by atoms with Gasteiger partial charge in [-0.05, 0) is 49.7 Å². The molecule has 2 aromatic rings. The number of halogens is 2. The van der Waals surface area contributed by atoms with Crippen molar-refractivity contribution < 1.29 is 23.1 Å². The van der Waals surface area contributed by atoms with Crippen molar-refractivity contribution in [2.45, 2.75) is 27.4 Å². The van der Waals surface area contributed by atoms with Crippen molar-refractivity contribution in [2.24, 2.45) is 0 Å². The first-order chi connectivity index (χ1) is 10.8. The van der Waals surface area contributed by atoms with E-state index in [2.05, 4.69) is 10.1 Å². The van der Waals surface area contributed by atoms with Gasteiger partial charge in [0.15, 0.2) is 5.78 Å². The molecule has 4 nitrogen and oxygen atoms in total. The number of carbonyl (C=O) groups is 2. The summed E-state index contributed by atoms with van der Waals surface area (Å²) in [5.74, 6) is -1.84. The highest BCUT2D eigenvalue weighted by Gasteiger charge is 2.42. The number of para-hydroxylation sites is 1. The smallest absolute Gasteiger partial charge is 0.425 e. The third kappa shape index (κ3) is 4.62. The van der Waals surface area contributed by atoms with Crippen LogP contribution in [0.5, 0.6) is 5.75 Å². The number of anilines is 1. The van der Waals surface area contributed by atoms with Gasteiger partial charge in [-0.1, -0.05) is 25.6 Å². The van der Waals surface area contributed by atoms with Crippen molar-refractivity contribution in [2.75, 3.05) is 5.32 Å². The van der Waals surface area contributed by atoms with Crippen LogP contribution in [0.15, 0.2) is 48.5 Å². The van der Waals surface area contributed by atoms with Crippen molar-refractivity contribution in [3.63, 3.8) is 0 Å². The van der Waals surface area contributed by atoms with Gasteiger partial charge in [0.25, 0.3) is 0 Å². The van der Waals surface area contributed by atoms with Gasteiger partial charge in [-0.15, -0.1) is 0 Å². The maximum absolute atomic E-state index is 13.8. The van der Waals surface area contributed by atoms with Crippen molar-refractivity contribution in [3.8, 4) is 5.75 Å². The number of Topliss-reactive ketones (excluding diaryl/α,β-unsaturated/α-hetero) is 1. The van der Waals surface area contributed by atoms with Gasteiger partial charge < -0.3 is 10.1 Å². The number of rotatable bonds is 5. The topological polar surface area (TPSA) is 55.4 Å². The quantitative estimate of drug-likeness (QED) is 0.822. The standard InChI is InChI=1S/C17H15F2NO3.CH4/c1-11-10-13(8-9-15(11)12(2)21)20-16(22)17(18,19)23-14-6-4-3-5-7-14;/h3-10H,1-2H3,(H,20,22);1H4. The molecule has 0 aliphatic heterocycles. The molecule has 0 aliphatic carbocycles. The summed E-state index contributed by atoms with van der Waals surface area (Å²) in [5.41, 5.74) is 1.21. The molecular formula is C18H19F2NO3. The Bertz CT molecular complexity index is 730. The fourth-order valence-corrected chi connectivity index (χ4v) is 2.02. The Labute approximate surface area is 139 Å². The number of hydrogen-bond donors (Lipinski definition) is 1. The van der Waals surface area contributed by atoms with E-state index >= 15 is 0 Å². The summed E-state index contributed by atoms with van der Waals surface area (Å²) in [5, 5.41) is 2.08. The molecule has 1 N–H and O–H groups in total. The van der Waals surface area contributed by atoms with E-state index in [9.17, 15) is 18.4 Å². The molecule has 0 spiro atoms. The van der Waals surface area contributed by atoms with Crippen LogP contribution in [-0.2, 0) is 4.79 Å². The highest BCUT2D eigenvalue weighted by molar-refractivity contribution is 5.98. The van der Waals surface area contributed by atoms with Crippen LogP contribution in [0.25, 0.3) is 0 Å². The summed E-state index contributed by atoms with van der Waals surface area (Å²) in [6, 6.07) is 11.7. The average molecular weight is 335 g/mol. The zero-order valence-corrected chi connectivity index (χ0v) is 12.6. The number of carbonyl (C=O) groups excluding carboxylic acids is 2. The summed E-state index contributed by atoms with van der Waals surface area (Å²) >= 11 is 0. The fraction of sp³-hybridized carbons (Fsp3) is 0.222. The lowest BCUT2D eigenvalue weighted by molar-refractivity contribution is -0.187. The van der Waals surface area contributed by atoms with Crippen LogP contribution in [0, 0.1) is 6.92 Å². The predicted octanol–water partition coefficient (Wildman–Crippen LogP) is 4.44. The molecule has 0 saturated heterocycles. The number of aryl methyl sites for hydroxylation is 1. The van der Waals surface area contributed by atoms with E-state index in [0.717, 1.165) is 0 Å². The van der Waals surface area contributed by atoms with E-state index in [1.54, 1.807) is 13.0 Å². The molecule has 2 aromatic carbocycles. The Balaban J connectivity index is 0.00000288. The Morgan fingerprint density at radius 1 is 1.08 bits per heavy atom. The predicted molar refractivity (Wildman–Crippen MR) is 88.6 cm³/mol. The van der Waals surface area contributed by atoms with Crippen molar-refractivity contribution in [1.82, 2.24) is 0 Å². The molecular weight excluding hydrogens is 316 g/mol. The maximum atomic E-state index is 13.8. The number of ether oxygens (including phenoxy) is 1. The molecule has 0 aliphatic rings. The van der Waals surface area contributed by atoms with E-state index < -0.39 is 12.0 Å². The van der Waals surface area contributed by atoms with E-state index in [1.165, 1.54) is 49.4 Å². The van der Waals surface area contributed by atoms with Crippen molar-refractivity contribution >= 4 is 17.4 Å². The molecule has 24 heavy (non-hydrogen) atoms. The van der Waals surface area contributed by atoms with Crippen LogP contribution in [0.3, 0.4) is 0 Å². The highest BCUT2D eigenvalue weighted by Crippen LogP contribution is 2.24. The molecule has 0 atom stereocenters. The summed E-state index contributed by atoms with van der Waals surface area (Å²) in [6.07, 6.45) is -4.02. The Morgan fingerprint density at radius 3 is 2.25 bits per heavy atom. The SMILES string of the molecule is C.CC(=O)c1ccc(NC(=O)C(F)(F)Oc2ccccc2)cc1C. The highest BCUT2D eigenvalue weighted by atomic mass is 19.3. The maximum Gasteiger partial charge on any atom is 0.482 e. The molecule has 0 unspecified atom stereocenters. The minimum Gasteiger partial charge on any atom is -0.425 e. The molecule has 0 bridgehead atoms. The van der Waals surface area contributed by atoms with Gasteiger partial charge in [0.05, 0.1) is 0 Å². The summed E-state index contributed by atoms with van der Waals surface area (Å²) in [6.45, 7) is 3.06. The fourth-order valence-electron chi connectivity index (χ4n) is 2.02. The van der Waals surface area contributed by atoms with Gasteiger partial charge in [0.2, 0.25) is 0 Å². The van der Waals surface area contributed by atoms with Crippen LogP contribution < -0.4 is 10.1 Å². The van der Waals surface area contributed by atoms with Gasteiger partial charge >= 0.3 is 12.0 Å². The van der Waals surface area contributed by atoms with E-state index in [1.807, 2.05) is 0 Å². The molecule has 0 fully saturated rings. The Hall–Kier alpha value is -2.76. The zero-order chi connectivity index (χ0) is 17.0. The number of hydrogen-bond acceptors (Lipinski definition) is 3. The minimum absolute atomic E-state index is 0. The van der Waals surface area contributed by atoms with Crippen LogP contribution in [0.1, 0.15) is 30.3 Å². The van der Waals surface area contributed by atoms with E-state index in [0.29, 0.717) is 11.1 Å². The molecule has 0 radical (unpaired) electrons. The minimum atomic E-state index is -4.02. The summed E-state index contributed by atoms with van der Waals surface area (Å²) < 4.78 is 32.0. The first-order valence-corrected chi connectivity index (χ1v) is 6.84. The number of nitrogens with one attached hydrogen (secondary N) is 1. The van der Waals surface area contributed by atoms with E-state index in [4.69, 9.17) is 0 Å². The Morgan fingerprint density at radius 2 is 1.71 bits per heavy atom. The van der Waals surface area contributed by atoms with Gasteiger partial charge in [-0.3, -0.25) is 9.59 Å². The molecule has 2 rings (SSSR count).